The van der Waals surface area contributed by atoms with E-state index in [1.807, 2.05) is 19.1 Å². The molecule has 0 aliphatic carbocycles. The summed E-state index contributed by atoms with van der Waals surface area (Å²) in [5.74, 6) is 0.588. The molecular formula is C13H13BrClN3. The van der Waals surface area contributed by atoms with Crippen molar-refractivity contribution in [3.05, 3.63) is 39.2 Å². The van der Waals surface area contributed by atoms with Crippen LogP contribution in [0.5, 0.6) is 0 Å². The van der Waals surface area contributed by atoms with Gasteiger partial charge in [0, 0.05) is 6.20 Å². The van der Waals surface area contributed by atoms with E-state index in [4.69, 9.17) is 11.6 Å². The fraction of sp³-hybridized carbons (Fsp3) is 0.308. The fourth-order valence-corrected chi connectivity index (χ4v) is 2.26. The first-order valence-corrected chi connectivity index (χ1v) is 6.94. The summed E-state index contributed by atoms with van der Waals surface area (Å²) in [5.41, 5.74) is 2.75. The zero-order valence-corrected chi connectivity index (χ0v) is 12.6. The Morgan fingerprint density at radius 2 is 2.11 bits per heavy atom. The summed E-state index contributed by atoms with van der Waals surface area (Å²) in [6, 6.07) is 3.88. The second kappa shape index (κ2) is 5.76. The van der Waals surface area contributed by atoms with Crippen molar-refractivity contribution in [2.75, 3.05) is 0 Å². The van der Waals surface area contributed by atoms with E-state index in [2.05, 4.69) is 37.8 Å². The van der Waals surface area contributed by atoms with Gasteiger partial charge in [0.05, 0.1) is 10.2 Å². The topological polar surface area (TPSA) is 38.7 Å². The number of rotatable bonds is 3. The average molecular weight is 327 g/mol. The van der Waals surface area contributed by atoms with Crippen LogP contribution in [0.25, 0.3) is 11.5 Å². The van der Waals surface area contributed by atoms with Crippen molar-refractivity contribution in [2.45, 2.75) is 26.7 Å². The van der Waals surface area contributed by atoms with Crippen molar-refractivity contribution in [1.82, 2.24) is 15.0 Å². The third-order valence-corrected chi connectivity index (χ3v) is 3.92. The monoisotopic (exact) mass is 325 g/mol. The first kappa shape index (κ1) is 13.4. The number of hydrogen-bond donors (Lipinski definition) is 0. The van der Waals surface area contributed by atoms with Gasteiger partial charge in [-0.2, -0.15) is 0 Å². The molecule has 0 aliphatic rings. The molecule has 5 heteroatoms. The van der Waals surface area contributed by atoms with Crippen LogP contribution in [0.1, 0.15) is 24.6 Å². The normalized spacial score (nSPS) is 10.7. The Morgan fingerprint density at radius 1 is 1.33 bits per heavy atom. The van der Waals surface area contributed by atoms with Crippen molar-refractivity contribution in [2.24, 2.45) is 0 Å². The van der Waals surface area contributed by atoms with Crippen LogP contribution >= 0.6 is 27.5 Å². The summed E-state index contributed by atoms with van der Waals surface area (Å²) in [5, 5.41) is 0.438. The number of halogens is 2. The van der Waals surface area contributed by atoms with Crippen LogP contribution in [-0.4, -0.2) is 15.0 Å². The van der Waals surface area contributed by atoms with Gasteiger partial charge in [-0.3, -0.25) is 4.98 Å². The summed E-state index contributed by atoms with van der Waals surface area (Å²) < 4.78 is 0.781. The van der Waals surface area contributed by atoms with E-state index in [-0.39, 0.29) is 0 Å². The molecule has 0 fully saturated rings. The molecule has 2 rings (SSSR count). The van der Waals surface area contributed by atoms with Crippen LogP contribution < -0.4 is 0 Å². The van der Waals surface area contributed by atoms with Gasteiger partial charge in [-0.1, -0.05) is 31.0 Å². The molecule has 0 bridgehead atoms. The maximum Gasteiger partial charge on any atom is 0.180 e. The Labute approximate surface area is 120 Å². The van der Waals surface area contributed by atoms with Crippen molar-refractivity contribution < 1.29 is 0 Å². The van der Waals surface area contributed by atoms with Gasteiger partial charge in [0.1, 0.15) is 10.8 Å². The van der Waals surface area contributed by atoms with Crippen LogP contribution in [0, 0.1) is 6.92 Å². The Balaban J connectivity index is 2.56. The second-order valence-corrected chi connectivity index (χ2v) is 5.17. The first-order chi connectivity index (χ1) is 8.63. The zero-order chi connectivity index (χ0) is 13.1. The maximum atomic E-state index is 6.13. The van der Waals surface area contributed by atoms with Gasteiger partial charge in [0.15, 0.2) is 5.82 Å². The van der Waals surface area contributed by atoms with Crippen LogP contribution in [0.4, 0.5) is 0 Å². The molecule has 2 heterocycles. The third-order valence-electron chi connectivity index (χ3n) is 2.59. The molecule has 18 heavy (non-hydrogen) atoms. The summed E-state index contributed by atoms with van der Waals surface area (Å²) in [6.07, 6.45) is 3.61. The van der Waals surface area contributed by atoms with E-state index in [0.29, 0.717) is 11.0 Å². The lowest BCUT2D eigenvalue weighted by molar-refractivity contribution is 0.866. The molecule has 94 valence electrons. The van der Waals surface area contributed by atoms with E-state index in [1.165, 1.54) is 0 Å². The highest BCUT2D eigenvalue weighted by molar-refractivity contribution is 9.10. The Morgan fingerprint density at radius 3 is 2.78 bits per heavy atom. The molecule has 0 saturated heterocycles. The summed E-state index contributed by atoms with van der Waals surface area (Å²) >= 11 is 9.56. The van der Waals surface area contributed by atoms with Gasteiger partial charge < -0.3 is 0 Å². The van der Waals surface area contributed by atoms with E-state index < -0.39 is 0 Å². The molecule has 0 aliphatic heterocycles. The molecule has 2 aromatic heterocycles. The van der Waals surface area contributed by atoms with Crippen molar-refractivity contribution in [3.63, 3.8) is 0 Å². The molecule has 0 spiro atoms. The Bertz CT molecular complexity index is 572. The molecule has 0 unspecified atom stereocenters. The molecule has 0 saturated carbocycles. The smallest absolute Gasteiger partial charge is 0.180 e. The maximum absolute atomic E-state index is 6.13. The molecular weight excluding hydrogens is 314 g/mol. The highest BCUT2D eigenvalue weighted by Gasteiger charge is 2.13. The molecule has 0 aromatic carbocycles. The Kier molecular flexibility index (Phi) is 4.30. The van der Waals surface area contributed by atoms with Crippen LogP contribution in [0.3, 0.4) is 0 Å². The lowest BCUT2D eigenvalue weighted by Gasteiger charge is -2.08. The first-order valence-electron chi connectivity index (χ1n) is 5.77. The molecule has 0 radical (unpaired) electrons. The lowest BCUT2D eigenvalue weighted by atomic mass is 10.2. The highest BCUT2D eigenvalue weighted by Crippen LogP contribution is 2.27. The number of hydrogen-bond acceptors (Lipinski definition) is 3. The van der Waals surface area contributed by atoms with Crippen molar-refractivity contribution >= 4 is 27.5 Å². The quantitative estimate of drug-likeness (QED) is 0.793. The summed E-state index contributed by atoms with van der Waals surface area (Å²) in [7, 11) is 0. The predicted octanol–water partition coefficient (Wildman–Crippen LogP) is 4.22. The number of nitrogens with zero attached hydrogens (tertiary/aromatic N) is 3. The average Bonchev–Trinajstić information content (AvgIpc) is 2.35. The van der Waals surface area contributed by atoms with Crippen molar-refractivity contribution in [1.29, 1.82) is 0 Å². The van der Waals surface area contributed by atoms with Crippen LogP contribution in [0.2, 0.25) is 5.15 Å². The van der Waals surface area contributed by atoms with E-state index in [9.17, 15) is 0 Å². The number of pyridine rings is 1. The minimum Gasteiger partial charge on any atom is -0.253 e. The van der Waals surface area contributed by atoms with E-state index >= 15 is 0 Å². The van der Waals surface area contributed by atoms with Gasteiger partial charge >= 0.3 is 0 Å². The Hall–Kier alpha value is -1.00. The largest absolute Gasteiger partial charge is 0.253 e. The van der Waals surface area contributed by atoms with Gasteiger partial charge in [-0.05, 0) is 40.9 Å². The third kappa shape index (κ3) is 2.70. The molecule has 0 N–H and O–H groups in total. The van der Waals surface area contributed by atoms with Crippen LogP contribution in [-0.2, 0) is 6.42 Å². The molecule has 3 nitrogen and oxygen atoms in total. The predicted molar refractivity (Wildman–Crippen MR) is 76.7 cm³/mol. The van der Waals surface area contributed by atoms with Gasteiger partial charge in [0.25, 0.3) is 0 Å². The lowest BCUT2D eigenvalue weighted by Crippen LogP contribution is -2.00. The zero-order valence-electron chi connectivity index (χ0n) is 10.2. The SMILES string of the molecule is CCCc1nc(-c2ncccc2C)nc(Cl)c1Br. The minimum atomic E-state index is 0.438. The van der Waals surface area contributed by atoms with E-state index in [1.54, 1.807) is 6.20 Å². The number of aromatic nitrogens is 3. The van der Waals surface area contributed by atoms with Gasteiger partial charge in [-0.25, -0.2) is 9.97 Å². The van der Waals surface area contributed by atoms with Gasteiger partial charge in [-0.15, -0.1) is 0 Å². The summed E-state index contributed by atoms with van der Waals surface area (Å²) in [6.45, 7) is 4.09. The highest BCUT2D eigenvalue weighted by atomic mass is 79.9. The molecule has 0 atom stereocenters. The fourth-order valence-electron chi connectivity index (χ4n) is 1.69. The van der Waals surface area contributed by atoms with Crippen molar-refractivity contribution in [3.8, 4) is 11.5 Å². The summed E-state index contributed by atoms with van der Waals surface area (Å²) in [4.78, 5) is 13.2. The standard InChI is InChI=1S/C13H13BrClN3/c1-3-5-9-10(14)12(15)18-13(17-9)11-8(2)6-4-7-16-11/h4,6-7H,3,5H2,1-2H3. The molecule has 2 aromatic rings. The van der Waals surface area contributed by atoms with Crippen LogP contribution in [0.15, 0.2) is 22.8 Å². The molecule has 0 amide bonds. The van der Waals surface area contributed by atoms with E-state index in [0.717, 1.165) is 34.3 Å². The number of aryl methyl sites for hydroxylation is 2. The van der Waals surface area contributed by atoms with Gasteiger partial charge in [0.2, 0.25) is 0 Å². The second-order valence-electron chi connectivity index (χ2n) is 4.02. The minimum absolute atomic E-state index is 0.438.